The first-order valence-corrected chi connectivity index (χ1v) is 8.94. The molecule has 3 aromatic rings. The van der Waals surface area contributed by atoms with E-state index in [2.05, 4.69) is 22.4 Å². The molecule has 0 aliphatic heterocycles. The topological polar surface area (TPSA) is 77.3 Å². The van der Waals surface area contributed by atoms with Crippen molar-refractivity contribution in [2.75, 3.05) is 6.54 Å². The van der Waals surface area contributed by atoms with Crippen molar-refractivity contribution in [1.29, 1.82) is 0 Å². The molecule has 3 N–H and O–H groups in total. The van der Waals surface area contributed by atoms with Crippen LogP contribution in [0.1, 0.15) is 16.0 Å². The van der Waals surface area contributed by atoms with Crippen LogP contribution >= 0.6 is 11.3 Å². The molecule has 0 spiro atoms. The number of nitrogens with zero attached hydrogens (tertiary/aromatic N) is 2. The molecular weight excluding hydrogens is 332 g/mol. The van der Waals surface area contributed by atoms with Gasteiger partial charge >= 0.3 is 0 Å². The number of nitrogens with two attached hydrogens (primary N) is 1. The molecule has 2 aromatic heterocycles. The molecule has 0 saturated carbocycles. The predicted molar refractivity (Wildman–Crippen MR) is 102 cm³/mol. The lowest BCUT2D eigenvalue weighted by atomic mass is 10.1. The van der Waals surface area contributed by atoms with E-state index in [1.165, 1.54) is 18.0 Å². The van der Waals surface area contributed by atoms with E-state index in [0.717, 1.165) is 40.4 Å². The van der Waals surface area contributed by atoms with Crippen molar-refractivity contribution in [2.45, 2.75) is 13.0 Å². The summed E-state index contributed by atoms with van der Waals surface area (Å²) in [6, 6.07) is 15.7. The van der Waals surface area contributed by atoms with Crippen LogP contribution in [0.5, 0.6) is 0 Å². The summed E-state index contributed by atoms with van der Waals surface area (Å²) in [7, 11) is 0. The molecule has 0 unspecified atom stereocenters. The maximum absolute atomic E-state index is 11.0. The van der Waals surface area contributed by atoms with Gasteiger partial charge in [0.05, 0.1) is 10.6 Å². The van der Waals surface area contributed by atoms with Crippen LogP contribution < -0.4 is 15.8 Å². The van der Waals surface area contributed by atoms with Crippen LogP contribution in [0.3, 0.4) is 0 Å². The van der Waals surface area contributed by atoms with Gasteiger partial charge in [-0.15, -0.1) is 11.3 Å². The maximum atomic E-state index is 11.0. The minimum Gasteiger partial charge on any atom is -0.619 e. The number of amidine groups is 1. The summed E-state index contributed by atoms with van der Waals surface area (Å²) in [6.07, 6.45) is 3.95. The van der Waals surface area contributed by atoms with Crippen molar-refractivity contribution in [2.24, 2.45) is 10.7 Å². The van der Waals surface area contributed by atoms with E-state index >= 15 is 0 Å². The molecular formula is C19H20N4OS. The van der Waals surface area contributed by atoms with Crippen molar-refractivity contribution in [3.8, 4) is 0 Å². The van der Waals surface area contributed by atoms with Crippen molar-refractivity contribution in [1.82, 2.24) is 5.32 Å². The Hall–Kier alpha value is -2.70. The first kappa shape index (κ1) is 17.1. The zero-order chi connectivity index (χ0) is 17.5. The highest BCUT2D eigenvalue weighted by atomic mass is 32.1. The summed E-state index contributed by atoms with van der Waals surface area (Å²) >= 11 is 1.58. The molecule has 2 heterocycles. The molecule has 0 radical (unpaired) electrons. The van der Waals surface area contributed by atoms with Crippen LogP contribution in [0, 0.1) is 5.21 Å². The highest BCUT2D eigenvalue weighted by molar-refractivity contribution is 7.12. The Kier molecular flexibility index (Phi) is 5.77. The first-order chi connectivity index (χ1) is 12.2. The van der Waals surface area contributed by atoms with Gasteiger partial charge in [-0.05, 0) is 47.7 Å². The fourth-order valence-corrected chi connectivity index (χ4v) is 3.01. The number of pyridine rings is 1. The molecule has 5 nitrogen and oxygen atoms in total. The second-order valence-electron chi connectivity index (χ2n) is 5.63. The van der Waals surface area contributed by atoms with E-state index in [1.807, 2.05) is 41.8 Å². The number of rotatable bonds is 7. The number of nitrogens with one attached hydrogen (secondary N) is 1. The van der Waals surface area contributed by atoms with E-state index in [4.69, 9.17) is 5.73 Å². The fourth-order valence-electron chi connectivity index (χ4n) is 2.38. The van der Waals surface area contributed by atoms with Gasteiger partial charge in [-0.2, -0.15) is 4.73 Å². The van der Waals surface area contributed by atoms with E-state index in [1.54, 1.807) is 11.3 Å². The Morgan fingerprint density at radius 2 is 1.84 bits per heavy atom. The fraction of sp³-hybridized carbons (Fsp3) is 0.158. The number of aliphatic imine (C=N–C) groups is 1. The summed E-state index contributed by atoms with van der Waals surface area (Å²) in [5.41, 5.74) is 9.20. The Balaban J connectivity index is 1.47. The minimum atomic E-state index is 0.548. The predicted octanol–water partition coefficient (Wildman–Crippen LogP) is 2.75. The molecule has 3 rings (SSSR count). The summed E-state index contributed by atoms with van der Waals surface area (Å²) in [5, 5.41) is 16.3. The van der Waals surface area contributed by atoms with Crippen LogP contribution in [0.15, 0.2) is 71.3 Å². The van der Waals surface area contributed by atoms with Gasteiger partial charge < -0.3 is 16.3 Å². The average Bonchev–Trinajstić information content (AvgIpc) is 3.16. The second kappa shape index (κ2) is 8.41. The number of hydrogen-bond acceptors (Lipinski definition) is 4. The van der Waals surface area contributed by atoms with E-state index in [-0.39, 0.29) is 0 Å². The van der Waals surface area contributed by atoms with Gasteiger partial charge in [0.15, 0.2) is 12.4 Å². The number of benzene rings is 1. The van der Waals surface area contributed by atoms with Gasteiger partial charge in [-0.25, -0.2) is 4.99 Å². The molecule has 1 aromatic carbocycles. The van der Waals surface area contributed by atoms with E-state index < -0.39 is 0 Å². The standard InChI is InChI=1S/C19H20N4OS/c20-19(18-2-1-13-25-18)22-17-5-3-15(4-6-17)7-10-21-14-16-8-11-23(24)12-9-16/h1-6,8-9,11-13,21H,7,10,14H2,(H2,20,22). The highest BCUT2D eigenvalue weighted by Crippen LogP contribution is 2.16. The summed E-state index contributed by atoms with van der Waals surface area (Å²) in [5.74, 6) is 0.548. The van der Waals surface area contributed by atoms with Crippen LogP contribution in [-0.2, 0) is 13.0 Å². The van der Waals surface area contributed by atoms with Crippen molar-refractivity contribution >= 4 is 22.9 Å². The second-order valence-corrected chi connectivity index (χ2v) is 6.58. The molecule has 0 fully saturated rings. The Morgan fingerprint density at radius 1 is 1.08 bits per heavy atom. The number of hydrogen-bond donors (Lipinski definition) is 2. The largest absolute Gasteiger partial charge is 0.619 e. The Morgan fingerprint density at radius 3 is 2.52 bits per heavy atom. The van der Waals surface area contributed by atoms with Crippen LogP contribution in [0.4, 0.5) is 5.69 Å². The summed E-state index contributed by atoms with van der Waals surface area (Å²) in [6.45, 7) is 1.62. The number of aromatic nitrogens is 1. The highest BCUT2D eigenvalue weighted by Gasteiger charge is 2.00. The molecule has 0 amide bonds. The van der Waals surface area contributed by atoms with Gasteiger partial charge in [0.25, 0.3) is 0 Å². The Bertz CT molecular complexity index is 812. The lowest BCUT2D eigenvalue weighted by molar-refractivity contribution is -0.605. The molecule has 0 atom stereocenters. The molecule has 0 saturated heterocycles. The smallest absolute Gasteiger partial charge is 0.180 e. The average molecular weight is 352 g/mol. The summed E-state index contributed by atoms with van der Waals surface area (Å²) < 4.78 is 0.790. The minimum absolute atomic E-state index is 0.548. The molecule has 6 heteroatoms. The summed E-state index contributed by atoms with van der Waals surface area (Å²) in [4.78, 5) is 5.43. The first-order valence-electron chi connectivity index (χ1n) is 8.06. The molecule has 0 aliphatic rings. The molecule has 0 aliphatic carbocycles. The van der Waals surface area contributed by atoms with Crippen molar-refractivity contribution < 1.29 is 4.73 Å². The zero-order valence-electron chi connectivity index (χ0n) is 13.8. The SMILES string of the molecule is NC(=Nc1ccc(CCNCc2cc[n+]([O-])cc2)cc1)c1cccs1. The van der Waals surface area contributed by atoms with Crippen LogP contribution in [-0.4, -0.2) is 12.4 Å². The normalized spacial score (nSPS) is 11.6. The van der Waals surface area contributed by atoms with Crippen molar-refractivity contribution in [3.63, 3.8) is 0 Å². The van der Waals surface area contributed by atoms with Gasteiger partial charge in [0.2, 0.25) is 0 Å². The lowest BCUT2D eigenvalue weighted by Crippen LogP contribution is -2.24. The third-order valence-electron chi connectivity index (χ3n) is 3.75. The quantitative estimate of drug-likeness (QED) is 0.226. The molecule has 0 bridgehead atoms. The molecule has 25 heavy (non-hydrogen) atoms. The van der Waals surface area contributed by atoms with Crippen molar-refractivity contribution in [3.05, 3.63) is 87.5 Å². The number of thiophene rings is 1. The van der Waals surface area contributed by atoms with E-state index in [9.17, 15) is 5.21 Å². The lowest BCUT2D eigenvalue weighted by Gasteiger charge is -2.06. The van der Waals surface area contributed by atoms with Gasteiger partial charge in [0, 0.05) is 18.7 Å². The molecule has 128 valence electrons. The van der Waals surface area contributed by atoms with E-state index in [0.29, 0.717) is 5.84 Å². The third-order valence-corrected chi connectivity index (χ3v) is 4.64. The zero-order valence-corrected chi connectivity index (χ0v) is 14.6. The third kappa shape index (κ3) is 5.14. The van der Waals surface area contributed by atoms with Gasteiger partial charge in [-0.3, -0.25) is 0 Å². The van der Waals surface area contributed by atoms with Gasteiger partial charge in [0.1, 0.15) is 5.84 Å². The maximum Gasteiger partial charge on any atom is 0.180 e. The van der Waals surface area contributed by atoms with Crippen LogP contribution in [0.25, 0.3) is 0 Å². The Labute approximate surface area is 151 Å². The van der Waals surface area contributed by atoms with Gasteiger partial charge in [-0.1, -0.05) is 18.2 Å². The monoisotopic (exact) mass is 352 g/mol. The van der Waals surface area contributed by atoms with Crippen LogP contribution in [0.2, 0.25) is 0 Å².